The van der Waals surface area contributed by atoms with Crippen molar-refractivity contribution in [2.24, 2.45) is 0 Å². The van der Waals surface area contributed by atoms with Gasteiger partial charge in [-0.05, 0) is 44.2 Å². The summed E-state index contributed by atoms with van der Waals surface area (Å²) in [6.45, 7) is 3.64. The smallest absolute Gasteiger partial charge is 0.343 e. The predicted molar refractivity (Wildman–Crippen MR) is 115 cm³/mol. The highest BCUT2D eigenvalue weighted by atomic mass is 16.5. The van der Waals surface area contributed by atoms with E-state index in [1.54, 1.807) is 56.5 Å². The molecule has 0 saturated heterocycles. The summed E-state index contributed by atoms with van der Waals surface area (Å²) < 4.78 is 16.8. The average molecular weight is 400 g/mol. The van der Waals surface area contributed by atoms with Gasteiger partial charge in [0.05, 0.1) is 23.6 Å². The molecule has 30 heavy (non-hydrogen) atoms. The first-order valence-corrected chi connectivity index (χ1v) is 9.47. The van der Waals surface area contributed by atoms with Crippen molar-refractivity contribution in [3.8, 4) is 22.6 Å². The fourth-order valence-electron chi connectivity index (χ4n) is 3.45. The van der Waals surface area contributed by atoms with Crippen LogP contribution in [0.3, 0.4) is 0 Å². The minimum atomic E-state index is -0.470. The zero-order valence-electron chi connectivity index (χ0n) is 16.9. The topological polar surface area (TPSA) is 65.7 Å². The number of para-hydroxylation sites is 1. The number of ether oxygens (including phenoxy) is 2. The molecule has 5 heteroatoms. The predicted octanol–water partition coefficient (Wildman–Crippen LogP) is 5.30. The van der Waals surface area contributed by atoms with Crippen LogP contribution in [0.1, 0.15) is 21.7 Å². The van der Waals surface area contributed by atoms with Gasteiger partial charge in [0.15, 0.2) is 0 Å². The highest BCUT2D eigenvalue weighted by Gasteiger charge is 2.18. The molecule has 150 valence electrons. The van der Waals surface area contributed by atoms with Gasteiger partial charge in [-0.1, -0.05) is 35.9 Å². The SMILES string of the molecule is COc1ccccc1-c1c(C)oc2cc(OC(=O)c3cccc(C)c3)ccc2c1=O. The molecule has 0 fully saturated rings. The number of hydrogen-bond acceptors (Lipinski definition) is 5. The van der Waals surface area contributed by atoms with Crippen LogP contribution >= 0.6 is 0 Å². The zero-order chi connectivity index (χ0) is 21.3. The Morgan fingerprint density at radius 1 is 0.933 bits per heavy atom. The fraction of sp³-hybridized carbons (Fsp3) is 0.120. The molecule has 0 amide bonds. The van der Waals surface area contributed by atoms with E-state index in [0.29, 0.717) is 44.9 Å². The highest BCUT2D eigenvalue weighted by molar-refractivity contribution is 5.92. The van der Waals surface area contributed by atoms with Gasteiger partial charge < -0.3 is 13.9 Å². The van der Waals surface area contributed by atoms with Crippen molar-refractivity contribution in [2.45, 2.75) is 13.8 Å². The Labute approximate surface area is 173 Å². The average Bonchev–Trinajstić information content (AvgIpc) is 2.74. The van der Waals surface area contributed by atoms with Crippen molar-refractivity contribution in [1.82, 2.24) is 0 Å². The van der Waals surface area contributed by atoms with Gasteiger partial charge in [0.1, 0.15) is 22.8 Å². The van der Waals surface area contributed by atoms with Gasteiger partial charge >= 0.3 is 5.97 Å². The summed E-state index contributed by atoms with van der Waals surface area (Å²) in [4.78, 5) is 25.6. The molecule has 1 aromatic heterocycles. The van der Waals surface area contributed by atoms with Crippen LogP contribution in [0.2, 0.25) is 0 Å². The summed E-state index contributed by atoms with van der Waals surface area (Å²) in [5, 5.41) is 0.400. The lowest BCUT2D eigenvalue weighted by Gasteiger charge is -2.11. The second-order valence-corrected chi connectivity index (χ2v) is 6.98. The van der Waals surface area contributed by atoms with E-state index in [9.17, 15) is 9.59 Å². The Balaban J connectivity index is 1.75. The maximum atomic E-state index is 13.2. The number of rotatable bonds is 4. The lowest BCUT2D eigenvalue weighted by molar-refractivity contribution is 0.0735. The van der Waals surface area contributed by atoms with E-state index in [0.717, 1.165) is 5.56 Å². The van der Waals surface area contributed by atoms with Gasteiger partial charge in [-0.25, -0.2) is 4.79 Å². The molecule has 3 aromatic carbocycles. The Bertz CT molecular complexity index is 1320. The molecular formula is C25H20O5. The maximum absolute atomic E-state index is 13.2. The van der Waals surface area contributed by atoms with E-state index in [1.165, 1.54) is 0 Å². The molecule has 0 N–H and O–H groups in total. The van der Waals surface area contributed by atoms with Crippen LogP contribution in [0.4, 0.5) is 0 Å². The lowest BCUT2D eigenvalue weighted by atomic mass is 10.0. The number of fused-ring (bicyclic) bond motifs is 1. The van der Waals surface area contributed by atoms with Crippen LogP contribution in [0.15, 0.2) is 75.9 Å². The van der Waals surface area contributed by atoms with E-state index in [4.69, 9.17) is 13.9 Å². The van der Waals surface area contributed by atoms with Crippen LogP contribution < -0.4 is 14.9 Å². The third-order valence-corrected chi connectivity index (χ3v) is 4.88. The van der Waals surface area contributed by atoms with Crippen molar-refractivity contribution in [2.75, 3.05) is 7.11 Å². The van der Waals surface area contributed by atoms with E-state index in [-0.39, 0.29) is 5.43 Å². The second kappa shape index (κ2) is 7.87. The van der Waals surface area contributed by atoms with Crippen molar-refractivity contribution in [3.05, 3.63) is 93.8 Å². The Morgan fingerprint density at radius 2 is 1.73 bits per heavy atom. The van der Waals surface area contributed by atoms with Crippen molar-refractivity contribution in [1.29, 1.82) is 0 Å². The van der Waals surface area contributed by atoms with Crippen molar-refractivity contribution < 1.29 is 18.7 Å². The van der Waals surface area contributed by atoms with Crippen LogP contribution in [-0.4, -0.2) is 13.1 Å². The number of hydrogen-bond donors (Lipinski definition) is 0. The van der Waals surface area contributed by atoms with Crippen molar-refractivity contribution in [3.63, 3.8) is 0 Å². The number of methoxy groups -OCH3 is 1. The van der Waals surface area contributed by atoms with Crippen LogP contribution in [0, 0.1) is 13.8 Å². The summed E-state index contributed by atoms with van der Waals surface area (Å²) in [7, 11) is 1.56. The Kier molecular flexibility index (Phi) is 5.11. The molecule has 0 aliphatic heterocycles. The molecule has 4 aromatic rings. The number of esters is 1. The standard InChI is InChI=1S/C25H20O5/c1-15-7-6-8-17(13-15)25(27)30-18-11-12-20-22(14-18)29-16(2)23(24(20)26)19-9-4-5-10-21(19)28-3/h4-14H,1-3H3. The number of carbonyl (C=O) groups is 1. The van der Waals surface area contributed by atoms with Gasteiger partial charge in [0.25, 0.3) is 0 Å². The first-order chi connectivity index (χ1) is 14.5. The molecule has 0 atom stereocenters. The van der Waals surface area contributed by atoms with Gasteiger partial charge in [-0.15, -0.1) is 0 Å². The molecular weight excluding hydrogens is 380 g/mol. The molecule has 5 nitrogen and oxygen atoms in total. The first kappa shape index (κ1) is 19.5. The third-order valence-electron chi connectivity index (χ3n) is 4.88. The zero-order valence-corrected chi connectivity index (χ0v) is 16.9. The molecule has 0 aliphatic rings. The van der Waals surface area contributed by atoms with Crippen molar-refractivity contribution >= 4 is 16.9 Å². The molecule has 0 unspecified atom stereocenters. The van der Waals surface area contributed by atoms with Crippen LogP contribution in [-0.2, 0) is 0 Å². The Hall–Kier alpha value is -3.86. The van der Waals surface area contributed by atoms with Gasteiger partial charge in [-0.3, -0.25) is 4.79 Å². The fourth-order valence-corrected chi connectivity index (χ4v) is 3.45. The minimum Gasteiger partial charge on any atom is -0.496 e. The maximum Gasteiger partial charge on any atom is 0.343 e. The Morgan fingerprint density at radius 3 is 2.50 bits per heavy atom. The molecule has 4 rings (SSSR count). The van der Waals surface area contributed by atoms with E-state index in [1.807, 2.05) is 31.2 Å². The van der Waals surface area contributed by atoms with Gasteiger partial charge in [-0.2, -0.15) is 0 Å². The summed E-state index contributed by atoms with van der Waals surface area (Å²) >= 11 is 0. The summed E-state index contributed by atoms with van der Waals surface area (Å²) in [5.41, 5.74) is 2.72. The number of carbonyl (C=O) groups excluding carboxylic acids is 1. The minimum absolute atomic E-state index is 0.171. The summed E-state index contributed by atoms with van der Waals surface area (Å²) in [5.74, 6) is 0.888. The summed E-state index contributed by atoms with van der Waals surface area (Å²) in [6.07, 6.45) is 0. The quantitative estimate of drug-likeness (QED) is 0.343. The monoisotopic (exact) mass is 400 g/mol. The lowest BCUT2D eigenvalue weighted by Crippen LogP contribution is -2.10. The molecule has 0 radical (unpaired) electrons. The highest BCUT2D eigenvalue weighted by Crippen LogP contribution is 2.32. The third kappa shape index (κ3) is 3.57. The van der Waals surface area contributed by atoms with E-state index in [2.05, 4.69) is 0 Å². The molecule has 0 saturated carbocycles. The molecule has 0 spiro atoms. The first-order valence-electron chi connectivity index (χ1n) is 9.47. The van der Waals surface area contributed by atoms with Crippen LogP contribution in [0.5, 0.6) is 11.5 Å². The van der Waals surface area contributed by atoms with Gasteiger partial charge in [0.2, 0.25) is 5.43 Å². The normalized spacial score (nSPS) is 10.8. The van der Waals surface area contributed by atoms with E-state index >= 15 is 0 Å². The number of benzene rings is 3. The molecule has 0 bridgehead atoms. The summed E-state index contributed by atoms with van der Waals surface area (Å²) in [6, 6.07) is 19.2. The van der Waals surface area contributed by atoms with E-state index < -0.39 is 5.97 Å². The molecule has 0 aliphatic carbocycles. The largest absolute Gasteiger partial charge is 0.496 e. The second-order valence-electron chi connectivity index (χ2n) is 6.98. The number of aryl methyl sites for hydroxylation is 2. The van der Waals surface area contributed by atoms with Crippen LogP contribution in [0.25, 0.3) is 22.1 Å². The molecule has 1 heterocycles. The van der Waals surface area contributed by atoms with Gasteiger partial charge in [0, 0.05) is 11.6 Å².